The molecule has 0 bridgehead atoms. The molecule has 0 saturated heterocycles. The van der Waals surface area contributed by atoms with E-state index in [9.17, 15) is 5.11 Å². The van der Waals surface area contributed by atoms with E-state index in [2.05, 4.69) is 19.1 Å². The molecule has 1 N–H and O–H groups in total. The molecule has 2 aromatic rings. The van der Waals surface area contributed by atoms with Gasteiger partial charge < -0.3 is 9.84 Å². The smallest absolute Gasteiger partial charge is 0.120 e. The summed E-state index contributed by atoms with van der Waals surface area (Å²) in [5.41, 5.74) is 3.08. The lowest BCUT2D eigenvalue weighted by atomic mass is 9.99. The minimum Gasteiger partial charge on any atom is -0.491 e. The lowest BCUT2D eigenvalue weighted by Crippen LogP contribution is -2.06. The molecule has 0 spiro atoms. The lowest BCUT2D eigenvalue weighted by Gasteiger charge is -2.15. The first-order chi connectivity index (χ1) is 10.1. The highest BCUT2D eigenvalue weighted by atomic mass is 16.5. The standard InChI is InChI=1S/C19H24O2/c1-4-6-15-9-11-16(12-10-15)19(20)17-7-5-8-18(13-17)21-14(2)3/h5,7-14,19-20H,4,6H2,1-3H3. The molecule has 0 heterocycles. The van der Waals surface area contributed by atoms with Gasteiger partial charge in [0.05, 0.1) is 6.10 Å². The van der Waals surface area contributed by atoms with E-state index < -0.39 is 6.10 Å². The van der Waals surface area contributed by atoms with Crippen LogP contribution in [0.25, 0.3) is 0 Å². The Labute approximate surface area is 127 Å². The average molecular weight is 284 g/mol. The highest BCUT2D eigenvalue weighted by Crippen LogP contribution is 2.26. The molecule has 0 aromatic heterocycles. The first kappa shape index (κ1) is 15.6. The van der Waals surface area contributed by atoms with Crippen LogP contribution in [-0.2, 0) is 6.42 Å². The van der Waals surface area contributed by atoms with E-state index in [1.165, 1.54) is 5.56 Å². The second-order valence-corrected chi connectivity index (χ2v) is 5.63. The molecule has 0 saturated carbocycles. The molecule has 0 aliphatic heterocycles. The van der Waals surface area contributed by atoms with E-state index in [0.29, 0.717) is 0 Å². The largest absolute Gasteiger partial charge is 0.491 e. The van der Waals surface area contributed by atoms with Gasteiger partial charge in [0.25, 0.3) is 0 Å². The van der Waals surface area contributed by atoms with Crippen LogP contribution in [0.3, 0.4) is 0 Å². The fraction of sp³-hybridized carbons (Fsp3) is 0.368. The number of rotatable bonds is 6. The van der Waals surface area contributed by atoms with E-state index in [4.69, 9.17) is 4.74 Å². The molecule has 112 valence electrons. The molecule has 0 radical (unpaired) electrons. The molecule has 2 heteroatoms. The van der Waals surface area contributed by atoms with Gasteiger partial charge >= 0.3 is 0 Å². The van der Waals surface area contributed by atoms with Gasteiger partial charge in [-0.3, -0.25) is 0 Å². The van der Waals surface area contributed by atoms with Crippen LogP contribution in [0.4, 0.5) is 0 Å². The molecular formula is C19H24O2. The molecule has 0 fully saturated rings. The molecule has 21 heavy (non-hydrogen) atoms. The van der Waals surface area contributed by atoms with Crippen molar-refractivity contribution in [3.05, 3.63) is 65.2 Å². The second kappa shape index (κ2) is 7.28. The van der Waals surface area contributed by atoms with Gasteiger partial charge in [-0.05, 0) is 49.1 Å². The van der Waals surface area contributed by atoms with Crippen LogP contribution < -0.4 is 4.74 Å². The molecule has 0 amide bonds. The Morgan fingerprint density at radius 3 is 2.33 bits per heavy atom. The summed E-state index contributed by atoms with van der Waals surface area (Å²) in [6.07, 6.45) is 1.73. The van der Waals surface area contributed by atoms with Crippen LogP contribution in [0.5, 0.6) is 5.75 Å². The molecule has 1 atom stereocenters. The second-order valence-electron chi connectivity index (χ2n) is 5.63. The Hall–Kier alpha value is -1.80. The third-order valence-electron chi connectivity index (χ3n) is 3.38. The highest BCUT2D eigenvalue weighted by molar-refractivity contribution is 5.36. The molecule has 0 aliphatic rings. The minimum atomic E-state index is -0.614. The zero-order valence-electron chi connectivity index (χ0n) is 13.0. The summed E-state index contributed by atoms with van der Waals surface area (Å²) >= 11 is 0. The van der Waals surface area contributed by atoms with Crippen molar-refractivity contribution in [1.82, 2.24) is 0 Å². The van der Waals surface area contributed by atoms with Crippen LogP contribution in [0, 0.1) is 0 Å². The number of hydrogen-bond donors (Lipinski definition) is 1. The Morgan fingerprint density at radius 1 is 1.00 bits per heavy atom. The van der Waals surface area contributed by atoms with Crippen LogP contribution in [0.15, 0.2) is 48.5 Å². The first-order valence-electron chi connectivity index (χ1n) is 7.63. The van der Waals surface area contributed by atoms with E-state index in [1.807, 2.05) is 50.2 Å². The van der Waals surface area contributed by atoms with Crippen molar-refractivity contribution in [2.45, 2.75) is 45.8 Å². The maximum absolute atomic E-state index is 10.5. The summed E-state index contributed by atoms with van der Waals surface area (Å²) in [5, 5.41) is 10.5. The zero-order chi connectivity index (χ0) is 15.2. The minimum absolute atomic E-state index is 0.130. The summed E-state index contributed by atoms with van der Waals surface area (Å²) in [6.45, 7) is 6.16. The summed E-state index contributed by atoms with van der Waals surface area (Å²) in [7, 11) is 0. The van der Waals surface area contributed by atoms with Gasteiger partial charge in [0, 0.05) is 0 Å². The fourth-order valence-corrected chi connectivity index (χ4v) is 2.38. The molecule has 0 aliphatic carbocycles. The van der Waals surface area contributed by atoms with Gasteiger partial charge in [-0.1, -0.05) is 49.7 Å². The van der Waals surface area contributed by atoms with Crippen molar-refractivity contribution >= 4 is 0 Å². The van der Waals surface area contributed by atoms with Crippen molar-refractivity contribution in [3.8, 4) is 5.75 Å². The monoisotopic (exact) mass is 284 g/mol. The zero-order valence-corrected chi connectivity index (χ0v) is 13.0. The SMILES string of the molecule is CCCc1ccc(C(O)c2cccc(OC(C)C)c2)cc1. The van der Waals surface area contributed by atoms with E-state index in [1.54, 1.807) is 0 Å². The van der Waals surface area contributed by atoms with Gasteiger partial charge in [-0.25, -0.2) is 0 Å². The number of aliphatic hydroxyl groups is 1. The van der Waals surface area contributed by atoms with Crippen LogP contribution in [-0.4, -0.2) is 11.2 Å². The van der Waals surface area contributed by atoms with Crippen LogP contribution in [0.2, 0.25) is 0 Å². The van der Waals surface area contributed by atoms with E-state index in [-0.39, 0.29) is 6.10 Å². The topological polar surface area (TPSA) is 29.5 Å². The van der Waals surface area contributed by atoms with Crippen molar-refractivity contribution in [2.24, 2.45) is 0 Å². The summed E-state index contributed by atoms with van der Waals surface area (Å²) in [6, 6.07) is 15.9. The number of aryl methyl sites for hydroxylation is 1. The molecule has 2 aromatic carbocycles. The Bertz CT molecular complexity index is 558. The number of aliphatic hydroxyl groups excluding tert-OH is 1. The van der Waals surface area contributed by atoms with Crippen molar-refractivity contribution in [1.29, 1.82) is 0 Å². The van der Waals surface area contributed by atoms with Crippen molar-refractivity contribution in [2.75, 3.05) is 0 Å². The van der Waals surface area contributed by atoms with E-state index in [0.717, 1.165) is 29.7 Å². The summed E-state index contributed by atoms with van der Waals surface area (Å²) in [4.78, 5) is 0. The fourth-order valence-electron chi connectivity index (χ4n) is 2.38. The Kier molecular flexibility index (Phi) is 5.40. The molecule has 2 rings (SSSR count). The van der Waals surface area contributed by atoms with Crippen LogP contribution >= 0.6 is 0 Å². The third-order valence-corrected chi connectivity index (χ3v) is 3.38. The number of benzene rings is 2. The number of hydrogen-bond acceptors (Lipinski definition) is 2. The van der Waals surface area contributed by atoms with Crippen LogP contribution in [0.1, 0.15) is 50.0 Å². The normalized spacial score (nSPS) is 12.4. The van der Waals surface area contributed by atoms with Gasteiger partial charge in [0.1, 0.15) is 11.9 Å². The Morgan fingerprint density at radius 2 is 1.71 bits per heavy atom. The lowest BCUT2D eigenvalue weighted by molar-refractivity contribution is 0.216. The van der Waals surface area contributed by atoms with E-state index >= 15 is 0 Å². The Balaban J connectivity index is 2.16. The van der Waals surface area contributed by atoms with Gasteiger partial charge in [-0.15, -0.1) is 0 Å². The summed E-state index contributed by atoms with van der Waals surface area (Å²) in [5.74, 6) is 0.796. The highest BCUT2D eigenvalue weighted by Gasteiger charge is 2.11. The average Bonchev–Trinajstić information content (AvgIpc) is 2.47. The predicted molar refractivity (Wildman–Crippen MR) is 86.7 cm³/mol. The molecule has 2 nitrogen and oxygen atoms in total. The summed E-state index contributed by atoms with van der Waals surface area (Å²) < 4.78 is 5.68. The van der Waals surface area contributed by atoms with Gasteiger partial charge in [0.2, 0.25) is 0 Å². The number of ether oxygens (including phenoxy) is 1. The van der Waals surface area contributed by atoms with Crippen molar-refractivity contribution in [3.63, 3.8) is 0 Å². The maximum atomic E-state index is 10.5. The quantitative estimate of drug-likeness (QED) is 0.845. The van der Waals surface area contributed by atoms with Crippen molar-refractivity contribution < 1.29 is 9.84 Å². The van der Waals surface area contributed by atoms with Gasteiger partial charge in [-0.2, -0.15) is 0 Å². The first-order valence-corrected chi connectivity index (χ1v) is 7.63. The van der Waals surface area contributed by atoms with Gasteiger partial charge in [0.15, 0.2) is 0 Å². The molecular weight excluding hydrogens is 260 g/mol. The predicted octanol–water partition coefficient (Wildman–Crippen LogP) is 4.51. The molecule has 1 unspecified atom stereocenters. The maximum Gasteiger partial charge on any atom is 0.120 e. The third kappa shape index (κ3) is 4.33.